The average Bonchev–Trinajstić information content (AvgIpc) is 3.02. The van der Waals surface area contributed by atoms with Gasteiger partial charge in [-0.15, -0.1) is 10.8 Å². The molecule has 2 aromatic rings. The van der Waals surface area contributed by atoms with Crippen molar-refractivity contribution in [1.82, 2.24) is 15.0 Å². The van der Waals surface area contributed by atoms with Gasteiger partial charge in [-0.05, 0) is 12.5 Å². The molecule has 1 aliphatic rings. The maximum atomic E-state index is 12.5. The number of ether oxygens (including phenoxy) is 2. The molecule has 0 aliphatic carbocycles. The largest absolute Gasteiger partial charge is 0.444 e. The minimum absolute atomic E-state index is 0.134. The zero-order valence-electron chi connectivity index (χ0n) is 12.8. The smallest absolute Gasteiger partial charge is 0.359 e. The SMILES string of the molecule is C=C=CC1(OC(=O)c2cnnn2[C@H](C)c2ccccc2)COC1. The van der Waals surface area contributed by atoms with Gasteiger partial charge in [0, 0.05) is 6.08 Å². The van der Waals surface area contributed by atoms with Crippen molar-refractivity contribution in [2.75, 3.05) is 13.2 Å². The van der Waals surface area contributed by atoms with Crippen LogP contribution in [0.5, 0.6) is 0 Å². The highest BCUT2D eigenvalue weighted by Crippen LogP contribution is 2.26. The third-order valence-corrected chi connectivity index (χ3v) is 3.79. The standard InChI is InChI=1S/C17H17N3O3/c1-3-9-17(11-22-12-17)23-16(21)15-10-18-19-20(15)13(2)14-7-5-4-6-8-14/h4-10,13H,1,11-12H2,2H3/t13-/m1/s1. The van der Waals surface area contributed by atoms with E-state index < -0.39 is 11.6 Å². The minimum Gasteiger partial charge on any atom is -0.444 e. The molecule has 23 heavy (non-hydrogen) atoms. The van der Waals surface area contributed by atoms with Crippen molar-refractivity contribution in [3.05, 3.63) is 66.2 Å². The van der Waals surface area contributed by atoms with Crippen LogP contribution in [-0.2, 0) is 9.47 Å². The highest BCUT2D eigenvalue weighted by Gasteiger charge is 2.41. The molecule has 0 spiro atoms. The number of carbonyl (C=O) groups is 1. The Morgan fingerprint density at radius 2 is 2.22 bits per heavy atom. The van der Waals surface area contributed by atoms with Crippen LogP contribution < -0.4 is 0 Å². The summed E-state index contributed by atoms with van der Waals surface area (Å²) in [5, 5.41) is 7.88. The maximum absolute atomic E-state index is 12.5. The van der Waals surface area contributed by atoms with Gasteiger partial charge < -0.3 is 9.47 Å². The first-order chi connectivity index (χ1) is 11.2. The predicted octanol–water partition coefficient (Wildman–Crippen LogP) is 2.15. The van der Waals surface area contributed by atoms with Crippen LogP contribution in [0, 0.1) is 0 Å². The van der Waals surface area contributed by atoms with Crippen LogP contribution in [0.2, 0.25) is 0 Å². The first-order valence-electron chi connectivity index (χ1n) is 7.28. The molecule has 0 unspecified atom stereocenters. The van der Waals surface area contributed by atoms with E-state index >= 15 is 0 Å². The number of carbonyl (C=O) groups excluding carboxylic acids is 1. The molecule has 1 saturated heterocycles. The molecule has 6 nitrogen and oxygen atoms in total. The summed E-state index contributed by atoms with van der Waals surface area (Å²) in [4.78, 5) is 12.5. The van der Waals surface area contributed by atoms with E-state index in [2.05, 4.69) is 22.6 Å². The fourth-order valence-electron chi connectivity index (χ4n) is 2.45. The van der Waals surface area contributed by atoms with Crippen molar-refractivity contribution in [2.45, 2.75) is 18.6 Å². The lowest BCUT2D eigenvalue weighted by Gasteiger charge is -2.37. The van der Waals surface area contributed by atoms with Gasteiger partial charge in [-0.2, -0.15) is 0 Å². The molecule has 0 N–H and O–H groups in total. The van der Waals surface area contributed by atoms with Gasteiger partial charge in [0.05, 0.1) is 25.5 Å². The summed E-state index contributed by atoms with van der Waals surface area (Å²) in [7, 11) is 0. The van der Waals surface area contributed by atoms with Gasteiger partial charge in [0.25, 0.3) is 0 Å². The van der Waals surface area contributed by atoms with Crippen LogP contribution in [0.3, 0.4) is 0 Å². The van der Waals surface area contributed by atoms with E-state index in [0.29, 0.717) is 18.9 Å². The van der Waals surface area contributed by atoms with E-state index in [1.807, 2.05) is 37.3 Å². The van der Waals surface area contributed by atoms with E-state index in [9.17, 15) is 4.79 Å². The molecule has 6 heteroatoms. The third-order valence-electron chi connectivity index (χ3n) is 3.79. The summed E-state index contributed by atoms with van der Waals surface area (Å²) < 4.78 is 12.3. The van der Waals surface area contributed by atoms with Crippen LogP contribution in [0.15, 0.2) is 54.9 Å². The molecule has 1 aliphatic heterocycles. The van der Waals surface area contributed by atoms with Crippen molar-refractivity contribution in [2.24, 2.45) is 0 Å². The van der Waals surface area contributed by atoms with E-state index in [0.717, 1.165) is 5.56 Å². The van der Waals surface area contributed by atoms with Gasteiger partial charge in [0.1, 0.15) is 0 Å². The lowest BCUT2D eigenvalue weighted by molar-refractivity contribution is -0.152. The molecule has 0 bridgehead atoms. The Labute approximate surface area is 134 Å². The highest BCUT2D eigenvalue weighted by molar-refractivity contribution is 5.87. The fourth-order valence-corrected chi connectivity index (χ4v) is 2.45. The first kappa shape index (κ1) is 15.2. The summed E-state index contributed by atoms with van der Waals surface area (Å²) in [5.41, 5.74) is 3.19. The Balaban J connectivity index is 1.83. The Hall–Kier alpha value is -2.69. The number of hydrogen-bond donors (Lipinski definition) is 0. The second kappa shape index (κ2) is 6.20. The molecule has 2 heterocycles. The average molecular weight is 311 g/mol. The molecule has 118 valence electrons. The molecule has 0 amide bonds. The topological polar surface area (TPSA) is 66.2 Å². The zero-order valence-corrected chi connectivity index (χ0v) is 12.8. The molecule has 1 aromatic heterocycles. The van der Waals surface area contributed by atoms with Crippen LogP contribution >= 0.6 is 0 Å². The second-order valence-electron chi connectivity index (χ2n) is 5.45. The molecule has 1 aromatic carbocycles. The Morgan fingerprint density at radius 3 is 2.83 bits per heavy atom. The van der Waals surface area contributed by atoms with Crippen molar-refractivity contribution in [3.8, 4) is 0 Å². The number of esters is 1. The number of hydrogen-bond acceptors (Lipinski definition) is 5. The van der Waals surface area contributed by atoms with Crippen LogP contribution in [0.1, 0.15) is 29.0 Å². The lowest BCUT2D eigenvalue weighted by atomic mass is 10.0. The quantitative estimate of drug-likeness (QED) is 0.625. The van der Waals surface area contributed by atoms with E-state index in [1.165, 1.54) is 6.20 Å². The van der Waals surface area contributed by atoms with Crippen molar-refractivity contribution < 1.29 is 14.3 Å². The molecular weight excluding hydrogens is 294 g/mol. The number of aromatic nitrogens is 3. The highest BCUT2D eigenvalue weighted by atomic mass is 16.6. The zero-order chi connectivity index (χ0) is 16.3. The first-order valence-corrected chi connectivity index (χ1v) is 7.28. The van der Waals surface area contributed by atoms with E-state index in [1.54, 1.807) is 10.8 Å². The molecular formula is C17H17N3O3. The molecule has 0 saturated carbocycles. The van der Waals surface area contributed by atoms with Crippen molar-refractivity contribution in [1.29, 1.82) is 0 Å². The van der Waals surface area contributed by atoms with E-state index in [-0.39, 0.29) is 6.04 Å². The number of benzene rings is 1. The van der Waals surface area contributed by atoms with E-state index in [4.69, 9.17) is 9.47 Å². The summed E-state index contributed by atoms with van der Waals surface area (Å²) in [6, 6.07) is 9.64. The summed E-state index contributed by atoms with van der Waals surface area (Å²) >= 11 is 0. The van der Waals surface area contributed by atoms with Crippen molar-refractivity contribution in [3.63, 3.8) is 0 Å². The predicted molar refractivity (Wildman–Crippen MR) is 83.0 cm³/mol. The van der Waals surface area contributed by atoms with Crippen molar-refractivity contribution >= 4 is 5.97 Å². The van der Waals surface area contributed by atoms with Gasteiger partial charge >= 0.3 is 5.97 Å². The summed E-state index contributed by atoms with van der Waals surface area (Å²) in [6.07, 6.45) is 3.02. The fraction of sp³-hybridized carbons (Fsp3) is 0.294. The maximum Gasteiger partial charge on any atom is 0.359 e. The minimum atomic E-state index is -0.788. The summed E-state index contributed by atoms with van der Waals surface area (Å²) in [5.74, 6) is -0.493. The lowest BCUT2D eigenvalue weighted by Crippen LogP contribution is -2.51. The molecule has 1 atom stereocenters. The number of nitrogens with zero attached hydrogens (tertiary/aromatic N) is 3. The molecule has 0 radical (unpaired) electrons. The molecule has 1 fully saturated rings. The summed E-state index contributed by atoms with van der Waals surface area (Å²) in [6.45, 7) is 6.08. The Bertz CT molecular complexity index is 743. The number of rotatable bonds is 5. The van der Waals surface area contributed by atoms with Crippen LogP contribution in [0.4, 0.5) is 0 Å². The van der Waals surface area contributed by atoms with Gasteiger partial charge in [-0.3, -0.25) is 0 Å². The van der Waals surface area contributed by atoms with Gasteiger partial charge in [-0.25, -0.2) is 9.48 Å². The Kier molecular flexibility index (Phi) is 4.10. The van der Waals surface area contributed by atoms with Crippen LogP contribution in [-0.4, -0.2) is 39.8 Å². The molecule has 3 rings (SSSR count). The Morgan fingerprint density at radius 1 is 1.48 bits per heavy atom. The van der Waals surface area contributed by atoms with Gasteiger partial charge in [-0.1, -0.05) is 42.1 Å². The normalized spacial score (nSPS) is 16.7. The van der Waals surface area contributed by atoms with Crippen LogP contribution in [0.25, 0.3) is 0 Å². The third kappa shape index (κ3) is 2.95. The monoisotopic (exact) mass is 311 g/mol. The van der Waals surface area contributed by atoms with Gasteiger partial charge in [0.2, 0.25) is 0 Å². The second-order valence-corrected chi connectivity index (χ2v) is 5.45. The van der Waals surface area contributed by atoms with Gasteiger partial charge in [0.15, 0.2) is 11.3 Å².